The fourth-order valence-electron chi connectivity index (χ4n) is 3.48. The van der Waals surface area contributed by atoms with Gasteiger partial charge in [0, 0.05) is 11.1 Å². The zero-order valence-electron chi connectivity index (χ0n) is 20.1. The predicted octanol–water partition coefficient (Wildman–Crippen LogP) is 5.39. The second-order valence-electron chi connectivity index (χ2n) is 8.09. The van der Waals surface area contributed by atoms with Crippen molar-refractivity contribution in [3.8, 4) is 11.5 Å². The molecular formula is C28H24ClNO6S. The monoisotopic (exact) mass is 537 g/mol. The molecule has 3 aromatic carbocycles. The summed E-state index contributed by atoms with van der Waals surface area (Å²) in [5.74, 6) is 1.11. The minimum Gasteiger partial charge on any atom is -0.493 e. The van der Waals surface area contributed by atoms with Crippen LogP contribution in [-0.2, 0) is 16.7 Å². The van der Waals surface area contributed by atoms with Crippen molar-refractivity contribution < 1.29 is 22.2 Å². The van der Waals surface area contributed by atoms with Crippen molar-refractivity contribution in [1.82, 2.24) is 4.73 Å². The van der Waals surface area contributed by atoms with Crippen LogP contribution in [0.1, 0.15) is 22.4 Å². The van der Waals surface area contributed by atoms with Crippen molar-refractivity contribution in [3.05, 3.63) is 123 Å². The highest BCUT2D eigenvalue weighted by Crippen LogP contribution is 2.29. The largest absolute Gasteiger partial charge is 0.493 e. The Morgan fingerprint density at radius 1 is 0.892 bits per heavy atom. The first kappa shape index (κ1) is 26.1. The van der Waals surface area contributed by atoms with Crippen LogP contribution in [0.3, 0.4) is 0 Å². The maximum Gasteiger partial charge on any atom is 0.357 e. The Morgan fingerprint density at radius 2 is 1.62 bits per heavy atom. The number of halogens is 1. The van der Waals surface area contributed by atoms with Gasteiger partial charge in [0.15, 0.2) is 11.5 Å². The molecule has 0 aliphatic carbocycles. The SMILES string of the molecule is COc1cc(C=Cc2cc(C)cc(=O)n2OS(=O)(=O)c2ccc(Cl)cc2)ccc1OCc1ccccc1. The zero-order valence-corrected chi connectivity index (χ0v) is 21.7. The number of nitrogens with zero attached hydrogens (tertiary/aromatic N) is 1. The summed E-state index contributed by atoms with van der Waals surface area (Å²) in [6, 6.07) is 23.6. The lowest BCUT2D eigenvalue weighted by molar-refractivity contribution is 0.264. The van der Waals surface area contributed by atoms with Gasteiger partial charge in [-0.1, -0.05) is 54.1 Å². The van der Waals surface area contributed by atoms with Crippen LogP contribution in [0.4, 0.5) is 0 Å². The molecule has 9 heteroatoms. The van der Waals surface area contributed by atoms with E-state index in [2.05, 4.69) is 0 Å². The molecule has 4 aromatic rings. The van der Waals surface area contributed by atoms with Crippen molar-refractivity contribution in [2.75, 3.05) is 7.11 Å². The van der Waals surface area contributed by atoms with Crippen molar-refractivity contribution in [3.63, 3.8) is 0 Å². The quantitative estimate of drug-likeness (QED) is 0.285. The van der Waals surface area contributed by atoms with E-state index in [-0.39, 0.29) is 10.6 Å². The molecule has 0 bridgehead atoms. The molecule has 0 fully saturated rings. The second kappa shape index (κ2) is 11.4. The summed E-state index contributed by atoms with van der Waals surface area (Å²) in [6.07, 6.45) is 3.30. The Morgan fingerprint density at radius 3 is 2.32 bits per heavy atom. The number of hydrogen-bond acceptors (Lipinski definition) is 6. The van der Waals surface area contributed by atoms with Gasteiger partial charge in [0.05, 0.1) is 12.8 Å². The number of benzene rings is 3. The topological polar surface area (TPSA) is 83.8 Å². The average molecular weight is 538 g/mol. The molecule has 0 aliphatic heterocycles. The number of aryl methyl sites for hydroxylation is 1. The summed E-state index contributed by atoms with van der Waals surface area (Å²) in [5.41, 5.74) is 2.03. The Labute approximate surface area is 220 Å². The molecule has 7 nitrogen and oxygen atoms in total. The molecule has 0 radical (unpaired) electrons. The van der Waals surface area contributed by atoms with Crippen molar-refractivity contribution >= 4 is 33.9 Å². The van der Waals surface area contributed by atoms with E-state index in [9.17, 15) is 13.2 Å². The summed E-state index contributed by atoms with van der Waals surface area (Å²) in [5, 5.41) is 0.377. The van der Waals surface area contributed by atoms with Gasteiger partial charge in [-0.15, -0.1) is 4.73 Å². The van der Waals surface area contributed by atoms with E-state index < -0.39 is 15.7 Å². The molecule has 190 valence electrons. The highest BCUT2D eigenvalue weighted by molar-refractivity contribution is 7.87. The number of ether oxygens (including phenoxy) is 2. The maximum absolute atomic E-state index is 12.8. The van der Waals surface area contributed by atoms with Gasteiger partial charge in [0.1, 0.15) is 11.5 Å². The second-order valence-corrected chi connectivity index (χ2v) is 10.1. The van der Waals surface area contributed by atoms with Crippen LogP contribution in [0.25, 0.3) is 12.2 Å². The van der Waals surface area contributed by atoms with Crippen LogP contribution in [0.15, 0.2) is 94.6 Å². The molecule has 4 rings (SSSR count). The maximum atomic E-state index is 12.8. The molecule has 0 amide bonds. The Hall–Kier alpha value is -4.01. The third kappa shape index (κ3) is 6.61. The molecule has 1 heterocycles. The normalized spacial score (nSPS) is 11.4. The lowest BCUT2D eigenvalue weighted by atomic mass is 10.1. The summed E-state index contributed by atoms with van der Waals surface area (Å²) in [6.45, 7) is 2.13. The lowest BCUT2D eigenvalue weighted by Crippen LogP contribution is -2.32. The third-order valence-corrected chi connectivity index (χ3v) is 6.75. The van der Waals surface area contributed by atoms with Gasteiger partial charge in [-0.3, -0.25) is 9.08 Å². The van der Waals surface area contributed by atoms with Crippen LogP contribution in [0.5, 0.6) is 11.5 Å². The first-order chi connectivity index (χ1) is 17.7. The van der Waals surface area contributed by atoms with Gasteiger partial charge in [0.2, 0.25) is 0 Å². The molecule has 0 N–H and O–H groups in total. The van der Waals surface area contributed by atoms with E-state index in [1.54, 1.807) is 44.4 Å². The first-order valence-electron chi connectivity index (χ1n) is 11.2. The van der Waals surface area contributed by atoms with Gasteiger partial charge in [0.25, 0.3) is 5.56 Å². The lowest BCUT2D eigenvalue weighted by Gasteiger charge is -2.13. The molecular weight excluding hydrogens is 514 g/mol. The number of pyridine rings is 1. The number of methoxy groups -OCH3 is 1. The van der Waals surface area contributed by atoms with Gasteiger partial charge >= 0.3 is 10.1 Å². The van der Waals surface area contributed by atoms with E-state index in [4.69, 9.17) is 25.4 Å². The summed E-state index contributed by atoms with van der Waals surface area (Å²) in [4.78, 5) is 12.5. The minimum atomic E-state index is -4.28. The molecule has 0 spiro atoms. The first-order valence-corrected chi connectivity index (χ1v) is 13.0. The van der Waals surface area contributed by atoms with Gasteiger partial charge in [-0.05, 0) is 72.2 Å². The Bertz CT molecular complexity index is 1580. The average Bonchev–Trinajstić information content (AvgIpc) is 2.89. The number of hydrogen-bond donors (Lipinski definition) is 0. The van der Waals surface area contributed by atoms with Crippen LogP contribution in [0, 0.1) is 6.92 Å². The Kier molecular flexibility index (Phi) is 8.01. The van der Waals surface area contributed by atoms with Crippen LogP contribution >= 0.6 is 11.6 Å². The molecule has 37 heavy (non-hydrogen) atoms. The van der Waals surface area contributed by atoms with Crippen LogP contribution < -0.4 is 19.3 Å². The van der Waals surface area contributed by atoms with Crippen molar-refractivity contribution in [1.29, 1.82) is 0 Å². The highest BCUT2D eigenvalue weighted by Gasteiger charge is 2.19. The fourth-order valence-corrected chi connectivity index (χ4v) is 4.51. The standard InChI is InChI=1S/C28H24ClNO6S/c1-20-16-24(30(28(31)17-20)36-37(32,33)25-13-10-23(29)11-14-25)12-8-21-9-15-26(27(18-21)34-2)35-19-22-6-4-3-5-7-22/h3-18H,19H2,1-2H3. The van der Waals surface area contributed by atoms with E-state index in [1.165, 1.54) is 30.3 Å². The predicted molar refractivity (Wildman–Crippen MR) is 143 cm³/mol. The molecule has 0 saturated carbocycles. The third-order valence-electron chi connectivity index (χ3n) is 5.31. The molecule has 0 unspecified atom stereocenters. The van der Waals surface area contributed by atoms with Gasteiger partial charge < -0.3 is 9.47 Å². The zero-order chi connectivity index (χ0) is 26.4. The Balaban J connectivity index is 1.59. The highest BCUT2D eigenvalue weighted by atomic mass is 35.5. The molecule has 0 saturated heterocycles. The van der Waals surface area contributed by atoms with Crippen LogP contribution in [-0.4, -0.2) is 20.3 Å². The van der Waals surface area contributed by atoms with E-state index in [0.717, 1.165) is 15.9 Å². The summed E-state index contributed by atoms with van der Waals surface area (Å²) < 4.78 is 42.9. The number of aromatic nitrogens is 1. The molecule has 0 aliphatic rings. The summed E-state index contributed by atoms with van der Waals surface area (Å²) >= 11 is 5.85. The van der Waals surface area contributed by atoms with Gasteiger partial charge in [-0.25, -0.2) is 0 Å². The van der Waals surface area contributed by atoms with Crippen LogP contribution in [0.2, 0.25) is 5.02 Å². The fraction of sp³-hybridized carbons (Fsp3) is 0.107. The van der Waals surface area contributed by atoms with E-state index in [1.807, 2.05) is 36.4 Å². The van der Waals surface area contributed by atoms with Crippen molar-refractivity contribution in [2.45, 2.75) is 18.4 Å². The molecule has 1 aromatic heterocycles. The van der Waals surface area contributed by atoms with E-state index >= 15 is 0 Å². The van der Waals surface area contributed by atoms with Crippen molar-refractivity contribution in [2.24, 2.45) is 0 Å². The van der Waals surface area contributed by atoms with Gasteiger partial charge in [-0.2, -0.15) is 8.42 Å². The summed E-state index contributed by atoms with van der Waals surface area (Å²) in [7, 11) is -2.74. The number of rotatable bonds is 9. The molecule has 0 atom stereocenters. The smallest absolute Gasteiger partial charge is 0.357 e. The van der Waals surface area contributed by atoms with E-state index in [0.29, 0.717) is 28.7 Å². The minimum absolute atomic E-state index is 0.130.